The predicted octanol–water partition coefficient (Wildman–Crippen LogP) is 5.51. The van der Waals surface area contributed by atoms with Gasteiger partial charge < -0.3 is 10.6 Å². The molecule has 1 aromatic heterocycles. The molecular formula is C21H17N3S. The van der Waals surface area contributed by atoms with Crippen LogP contribution in [-0.4, -0.2) is 10.1 Å². The fourth-order valence-electron chi connectivity index (χ4n) is 2.78. The largest absolute Gasteiger partial charge is 0.332 e. The van der Waals surface area contributed by atoms with Crippen LogP contribution in [0.1, 0.15) is 5.56 Å². The number of benzene rings is 3. The Kier molecular flexibility index (Phi) is 4.04. The molecule has 0 saturated carbocycles. The lowest BCUT2D eigenvalue weighted by Crippen LogP contribution is -2.18. The lowest BCUT2D eigenvalue weighted by atomic mass is 10.1. The van der Waals surface area contributed by atoms with Gasteiger partial charge in [-0.15, -0.1) is 0 Å². The van der Waals surface area contributed by atoms with Crippen LogP contribution < -0.4 is 10.6 Å². The van der Waals surface area contributed by atoms with E-state index in [0.717, 1.165) is 33.2 Å². The van der Waals surface area contributed by atoms with E-state index in [1.54, 1.807) is 0 Å². The number of aryl methyl sites for hydroxylation is 1. The molecule has 0 saturated heterocycles. The molecule has 0 unspecified atom stereocenters. The molecule has 0 aliphatic rings. The topological polar surface area (TPSA) is 37.0 Å². The van der Waals surface area contributed by atoms with Gasteiger partial charge in [0.15, 0.2) is 5.11 Å². The standard InChI is InChI=1S/C21H17N3S/c1-14-6-9-17(10-7-14)22-21(25)23-18-11-8-16-12-15-4-2-3-5-19(15)24-20(16)13-18/h2-13H,1H3,(H2,22,23,25). The van der Waals surface area contributed by atoms with Crippen molar-refractivity contribution >= 4 is 50.5 Å². The first-order valence-electron chi connectivity index (χ1n) is 8.12. The van der Waals surface area contributed by atoms with Crippen LogP contribution in [0.15, 0.2) is 72.8 Å². The third-order valence-corrected chi connectivity index (χ3v) is 4.29. The highest BCUT2D eigenvalue weighted by molar-refractivity contribution is 7.80. The number of fused-ring (bicyclic) bond motifs is 2. The second-order valence-corrected chi connectivity index (χ2v) is 6.44. The molecule has 1 heterocycles. The number of pyridine rings is 1. The van der Waals surface area contributed by atoms with Gasteiger partial charge in [0, 0.05) is 22.1 Å². The lowest BCUT2D eigenvalue weighted by Gasteiger charge is -2.11. The summed E-state index contributed by atoms with van der Waals surface area (Å²) in [7, 11) is 0. The van der Waals surface area contributed by atoms with Crippen LogP contribution in [-0.2, 0) is 0 Å². The number of anilines is 2. The van der Waals surface area contributed by atoms with Crippen LogP contribution in [0.5, 0.6) is 0 Å². The molecule has 4 rings (SSSR count). The van der Waals surface area contributed by atoms with Crippen LogP contribution >= 0.6 is 12.2 Å². The Bertz CT molecular complexity index is 1070. The van der Waals surface area contributed by atoms with Crippen molar-refractivity contribution < 1.29 is 0 Å². The molecule has 4 aromatic rings. The third kappa shape index (κ3) is 3.44. The summed E-state index contributed by atoms with van der Waals surface area (Å²) in [6, 6.07) is 24.5. The summed E-state index contributed by atoms with van der Waals surface area (Å²) in [6.07, 6.45) is 0. The van der Waals surface area contributed by atoms with Gasteiger partial charge in [0.25, 0.3) is 0 Å². The molecule has 0 aliphatic carbocycles. The molecule has 0 aliphatic heterocycles. The minimum absolute atomic E-state index is 0.559. The fraction of sp³-hybridized carbons (Fsp3) is 0.0476. The Labute approximate surface area is 151 Å². The third-order valence-electron chi connectivity index (χ3n) is 4.09. The molecule has 122 valence electrons. The SMILES string of the molecule is Cc1ccc(NC(=S)Nc2ccc3cc4ccccc4nc3c2)cc1. The van der Waals surface area contributed by atoms with Crippen molar-refractivity contribution in [2.24, 2.45) is 0 Å². The van der Waals surface area contributed by atoms with Crippen molar-refractivity contribution in [1.82, 2.24) is 4.98 Å². The zero-order valence-electron chi connectivity index (χ0n) is 13.8. The first-order chi connectivity index (χ1) is 12.2. The molecule has 0 spiro atoms. The first kappa shape index (κ1) is 15.5. The molecule has 0 fully saturated rings. The van der Waals surface area contributed by atoms with Gasteiger partial charge in [0.2, 0.25) is 0 Å². The zero-order chi connectivity index (χ0) is 17.2. The summed E-state index contributed by atoms with van der Waals surface area (Å²) in [5, 5.41) is 9.24. The van der Waals surface area contributed by atoms with Gasteiger partial charge in [0.1, 0.15) is 0 Å². The molecule has 4 heteroatoms. The Balaban J connectivity index is 1.57. The maximum absolute atomic E-state index is 5.41. The summed E-state index contributed by atoms with van der Waals surface area (Å²) >= 11 is 5.41. The van der Waals surface area contributed by atoms with E-state index < -0.39 is 0 Å². The average Bonchev–Trinajstić information content (AvgIpc) is 2.62. The molecule has 0 amide bonds. The van der Waals surface area contributed by atoms with Gasteiger partial charge in [0.05, 0.1) is 11.0 Å². The summed E-state index contributed by atoms with van der Waals surface area (Å²) < 4.78 is 0. The van der Waals surface area contributed by atoms with Crippen molar-refractivity contribution in [3.8, 4) is 0 Å². The van der Waals surface area contributed by atoms with E-state index in [1.165, 1.54) is 5.56 Å². The second kappa shape index (κ2) is 6.49. The summed E-state index contributed by atoms with van der Waals surface area (Å²) in [6.45, 7) is 2.06. The normalized spacial score (nSPS) is 10.8. The Morgan fingerprint density at radius 2 is 1.44 bits per heavy atom. The van der Waals surface area contributed by atoms with E-state index in [-0.39, 0.29) is 0 Å². The van der Waals surface area contributed by atoms with Crippen LogP contribution in [0.2, 0.25) is 0 Å². The number of thiocarbonyl (C=S) groups is 1. The van der Waals surface area contributed by atoms with Gasteiger partial charge in [-0.2, -0.15) is 0 Å². The summed E-state index contributed by atoms with van der Waals surface area (Å²) in [5.41, 5.74) is 5.04. The minimum Gasteiger partial charge on any atom is -0.332 e. The highest BCUT2D eigenvalue weighted by atomic mass is 32.1. The molecular weight excluding hydrogens is 326 g/mol. The highest BCUT2D eigenvalue weighted by Gasteiger charge is 2.03. The average molecular weight is 343 g/mol. The quantitative estimate of drug-likeness (QED) is 0.372. The molecule has 3 aromatic carbocycles. The van der Waals surface area contributed by atoms with Crippen molar-refractivity contribution in [1.29, 1.82) is 0 Å². The predicted molar refractivity (Wildman–Crippen MR) is 110 cm³/mol. The Hall–Kier alpha value is -2.98. The van der Waals surface area contributed by atoms with Crippen LogP contribution in [0.4, 0.5) is 11.4 Å². The van der Waals surface area contributed by atoms with Crippen molar-refractivity contribution in [2.75, 3.05) is 10.6 Å². The molecule has 0 atom stereocenters. The summed E-state index contributed by atoms with van der Waals surface area (Å²) in [5.74, 6) is 0. The van der Waals surface area contributed by atoms with E-state index in [1.807, 2.05) is 42.5 Å². The molecule has 0 bridgehead atoms. The molecule has 3 nitrogen and oxygen atoms in total. The molecule has 2 N–H and O–H groups in total. The molecule has 0 radical (unpaired) electrons. The number of rotatable bonds is 2. The monoisotopic (exact) mass is 343 g/mol. The van der Waals surface area contributed by atoms with E-state index in [2.05, 4.69) is 47.9 Å². The van der Waals surface area contributed by atoms with Gasteiger partial charge in [-0.25, -0.2) is 4.98 Å². The number of nitrogens with one attached hydrogen (secondary N) is 2. The summed E-state index contributed by atoms with van der Waals surface area (Å²) in [4.78, 5) is 4.74. The highest BCUT2D eigenvalue weighted by Crippen LogP contribution is 2.22. The molecule has 25 heavy (non-hydrogen) atoms. The van der Waals surface area contributed by atoms with Gasteiger partial charge in [-0.05, 0) is 55.5 Å². The smallest absolute Gasteiger partial charge is 0.175 e. The lowest BCUT2D eigenvalue weighted by molar-refractivity contribution is 1.47. The fourth-order valence-corrected chi connectivity index (χ4v) is 3.02. The van der Waals surface area contributed by atoms with Crippen LogP contribution in [0.25, 0.3) is 21.8 Å². The second-order valence-electron chi connectivity index (χ2n) is 6.03. The Morgan fingerprint density at radius 3 is 2.28 bits per heavy atom. The van der Waals surface area contributed by atoms with Crippen molar-refractivity contribution in [2.45, 2.75) is 6.92 Å². The number of hydrogen-bond acceptors (Lipinski definition) is 2. The van der Waals surface area contributed by atoms with Gasteiger partial charge in [-0.3, -0.25) is 0 Å². The zero-order valence-corrected chi connectivity index (χ0v) is 14.6. The minimum atomic E-state index is 0.559. The van der Waals surface area contributed by atoms with Crippen LogP contribution in [0, 0.1) is 6.92 Å². The number of para-hydroxylation sites is 1. The first-order valence-corrected chi connectivity index (χ1v) is 8.52. The van der Waals surface area contributed by atoms with E-state index in [9.17, 15) is 0 Å². The maximum atomic E-state index is 5.41. The van der Waals surface area contributed by atoms with Gasteiger partial charge in [-0.1, -0.05) is 42.0 Å². The Morgan fingerprint density at radius 1 is 0.760 bits per heavy atom. The van der Waals surface area contributed by atoms with Gasteiger partial charge >= 0.3 is 0 Å². The number of hydrogen-bond donors (Lipinski definition) is 2. The number of aromatic nitrogens is 1. The van der Waals surface area contributed by atoms with E-state index in [4.69, 9.17) is 17.2 Å². The van der Waals surface area contributed by atoms with Crippen molar-refractivity contribution in [3.63, 3.8) is 0 Å². The van der Waals surface area contributed by atoms with E-state index >= 15 is 0 Å². The van der Waals surface area contributed by atoms with E-state index in [0.29, 0.717) is 5.11 Å². The van der Waals surface area contributed by atoms with Crippen molar-refractivity contribution in [3.05, 3.63) is 78.4 Å². The van der Waals surface area contributed by atoms with Crippen LogP contribution in [0.3, 0.4) is 0 Å². The maximum Gasteiger partial charge on any atom is 0.175 e. The number of nitrogens with zero attached hydrogens (tertiary/aromatic N) is 1.